The minimum atomic E-state index is -1.36. The maximum absolute atomic E-state index is 11.1. The minimum absolute atomic E-state index is 0. The van der Waals surface area contributed by atoms with E-state index in [1.165, 1.54) is 29.9 Å². The summed E-state index contributed by atoms with van der Waals surface area (Å²) < 4.78 is 0. The number of benzene rings is 2. The van der Waals surface area contributed by atoms with Crippen molar-refractivity contribution < 1.29 is 24.4 Å². The molecule has 3 rings (SSSR count). The smallest absolute Gasteiger partial charge is 0.358 e. The Morgan fingerprint density at radius 3 is 1.72 bits per heavy atom. The number of hydrogen-bond acceptors (Lipinski definition) is 1. The maximum Gasteiger partial charge on any atom is 2.00 e. The van der Waals surface area contributed by atoms with Gasteiger partial charge >= 0.3 is 19.5 Å². The maximum atomic E-state index is 11.1. The van der Waals surface area contributed by atoms with Gasteiger partial charge in [0.15, 0.2) is 0 Å². The predicted molar refractivity (Wildman–Crippen MR) is 134 cm³/mol. The molecule has 3 unspecified atom stereocenters. The summed E-state index contributed by atoms with van der Waals surface area (Å²) in [5, 5.41) is 3.07. The molecule has 1 aliphatic rings. The van der Waals surface area contributed by atoms with Crippen molar-refractivity contribution in [3.05, 3.63) is 75.5 Å². The monoisotopic (exact) mass is 521 g/mol. The van der Waals surface area contributed by atoms with E-state index in [2.05, 4.69) is 88.4 Å². The molecule has 1 saturated carbocycles. The molecule has 4 heteroatoms. The molecule has 1 N–H and O–H groups in total. The average molecular weight is 521 g/mol. The SMILES string of the molecule is C[C@H](C1CCCC1[PH+](O)C(C)(C)C)[PH+](c1ccccc1)c1ccccc1.[CH3-].[CH3-].[Rh+2]. The molecule has 1 aliphatic carbocycles. The third-order valence-electron chi connectivity index (χ3n) is 5.96. The molecule has 0 heterocycles. The molecule has 1 radical (unpaired) electrons. The Labute approximate surface area is 195 Å². The van der Waals surface area contributed by atoms with E-state index in [-0.39, 0.29) is 39.5 Å². The van der Waals surface area contributed by atoms with E-state index >= 15 is 0 Å². The third-order valence-corrected chi connectivity index (χ3v) is 12.2. The Kier molecular flexibility index (Phi) is 12.6. The average Bonchev–Trinajstić information content (AvgIpc) is 3.12. The predicted octanol–water partition coefficient (Wildman–Crippen LogP) is 6.23. The number of rotatable bonds is 5. The molecule has 29 heavy (non-hydrogen) atoms. The second kappa shape index (κ2) is 12.7. The van der Waals surface area contributed by atoms with Crippen LogP contribution in [-0.2, 0) is 19.5 Å². The van der Waals surface area contributed by atoms with Crippen LogP contribution in [0.15, 0.2) is 60.7 Å². The van der Waals surface area contributed by atoms with Gasteiger partial charge in [0.05, 0.1) is 29.3 Å². The second-order valence-electron chi connectivity index (χ2n) is 8.77. The normalized spacial score (nSPS) is 20.8. The van der Waals surface area contributed by atoms with Crippen molar-refractivity contribution in [2.75, 3.05) is 0 Å². The quantitative estimate of drug-likeness (QED) is 0.281. The molecule has 1 fully saturated rings. The fraction of sp³-hybridized carbons (Fsp3) is 0.440. The van der Waals surface area contributed by atoms with E-state index < -0.39 is 16.1 Å². The van der Waals surface area contributed by atoms with Gasteiger partial charge in [0, 0.05) is 5.92 Å². The molecule has 1 nitrogen and oxygen atoms in total. The fourth-order valence-electron chi connectivity index (χ4n) is 4.62. The van der Waals surface area contributed by atoms with Gasteiger partial charge in [0.2, 0.25) is 0 Å². The Hall–Kier alpha value is -0.117. The summed E-state index contributed by atoms with van der Waals surface area (Å²) in [6, 6.07) is 22.2. The van der Waals surface area contributed by atoms with Crippen molar-refractivity contribution in [1.82, 2.24) is 0 Å². The Morgan fingerprint density at radius 2 is 1.31 bits per heavy atom. The van der Waals surface area contributed by atoms with Crippen LogP contribution in [0.4, 0.5) is 0 Å². The van der Waals surface area contributed by atoms with Gasteiger partial charge in [-0.25, -0.2) is 0 Å². The van der Waals surface area contributed by atoms with E-state index in [1.54, 1.807) is 0 Å². The molecule has 0 amide bonds. The van der Waals surface area contributed by atoms with Gasteiger partial charge in [0.25, 0.3) is 0 Å². The summed E-state index contributed by atoms with van der Waals surface area (Å²) in [5.74, 6) is 0.655. The van der Waals surface area contributed by atoms with E-state index in [4.69, 9.17) is 0 Å². The zero-order chi connectivity index (χ0) is 18.7. The van der Waals surface area contributed by atoms with Gasteiger partial charge in [-0.15, -0.1) is 0 Å². The van der Waals surface area contributed by atoms with Crippen molar-refractivity contribution in [2.24, 2.45) is 5.92 Å². The van der Waals surface area contributed by atoms with E-state index in [0.717, 1.165) is 0 Å². The minimum Gasteiger partial charge on any atom is -0.358 e. The van der Waals surface area contributed by atoms with Crippen LogP contribution in [0, 0.1) is 20.8 Å². The van der Waals surface area contributed by atoms with Crippen molar-refractivity contribution in [3.8, 4) is 0 Å². The van der Waals surface area contributed by atoms with Crippen molar-refractivity contribution >= 4 is 26.7 Å². The molecule has 2 aromatic carbocycles. The first-order valence-corrected chi connectivity index (χ1v) is 13.0. The van der Waals surface area contributed by atoms with Gasteiger partial charge in [-0.1, -0.05) is 36.4 Å². The third kappa shape index (κ3) is 6.94. The van der Waals surface area contributed by atoms with Crippen LogP contribution in [0.25, 0.3) is 0 Å². The van der Waals surface area contributed by atoms with Crippen LogP contribution in [0.5, 0.6) is 0 Å². The first kappa shape index (κ1) is 28.9. The molecule has 0 bridgehead atoms. The van der Waals surface area contributed by atoms with E-state index in [9.17, 15) is 4.89 Å². The van der Waals surface area contributed by atoms with Gasteiger partial charge < -0.3 is 14.9 Å². The van der Waals surface area contributed by atoms with Gasteiger partial charge in [0.1, 0.15) is 13.8 Å². The van der Waals surface area contributed by atoms with Crippen LogP contribution >= 0.6 is 16.1 Å². The van der Waals surface area contributed by atoms with Crippen LogP contribution in [0.3, 0.4) is 0 Å². The van der Waals surface area contributed by atoms with Crippen LogP contribution < -0.4 is 10.6 Å². The molecule has 0 spiro atoms. The molecule has 0 aromatic heterocycles. The molecule has 163 valence electrons. The van der Waals surface area contributed by atoms with Gasteiger partial charge in [-0.05, 0) is 71.2 Å². The van der Waals surface area contributed by atoms with Crippen LogP contribution in [0.1, 0.15) is 47.0 Å². The van der Waals surface area contributed by atoms with Crippen LogP contribution in [-0.4, -0.2) is 21.4 Å². The molecule has 2 aromatic rings. The standard InChI is InChI=1S/C23H32OP2.2CH3.Rh/c1-18(21-16-11-17-22(21)26(24)23(2,3)4)25(19-12-7-5-8-13-19)20-14-9-6-10-15-20;;;/h5-10,12-15,18,21-22,24H,11,16-17H2,1-4H3;2*1H3;/q;2*-1;+2/p+2/t18-,21?,22?,26?;;;/m1.../s1. The Balaban J connectivity index is 0.00000261. The molecular formula is C25H40OP2Rh+2. The van der Waals surface area contributed by atoms with Crippen molar-refractivity contribution in [3.63, 3.8) is 0 Å². The largest absolute Gasteiger partial charge is 2.00 e. The van der Waals surface area contributed by atoms with Crippen LogP contribution in [0.2, 0.25) is 0 Å². The summed E-state index contributed by atoms with van der Waals surface area (Å²) in [5.41, 5.74) is 1.16. The number of hydrogen-bond donors (Lipinski definition) is 1. The topological polar surface area (TPSA) is 20.2 Å². The van der Waals surface area contributed by atoms with E-state index in [0.29, 0.717) is 17.2 Å². The van der Waals surface area contributed by atoms with Gasteiger partial charge in [-0.3, -0.25) is 4.89 Å². The first-order valence-electron chi connectivity index (χ1n) is 9.93. The summed E-state index contributed by atoms with van der Waals surface area (Å²) in [4.78, 5) is 11.1. The van der Waals surface area contributed by atoms with Crippen molar-refractivity contribution in [2.45, 2.75) is 63.4 Å². The molecular weight excluding hydrogens is 481 g/mol. The second-order valence-corrected chi connectivity index (χ2v) is 14.7. The zero-order valence-corrected chi connectivity index (χ0v) is 22.5. The molecule has 4 atom stereocenters. The summed E-state index contributed by atoms with van der Waals surface area (Å²) >= 11 is 0. The van der Waals surface area contributed by atoms with E-state index in [1.807, 2.05) is 0 Å². The molecule has 0 aliphatic heterocycles. The summed E-state index contributed by atoms with van der Waals surface area (Å²) in [6.45, 7) is 9.14. The molecule has 0 saturated heterocycles. The summed E-state index contributed by atoms with van der Waals surface area (Å²) in [7, 11) is -2.22. The van der Waals surface area contributed by atoms with Gasteiger partial charge in [-0.2, -0.15) is 0 Å². The zero-order valence-electron chi connectivity index (χ0n) is 18.9. The Bertz CT molecular complexity index is 647. The fourth-order valence-corrected chi connectivity index (χ4v) is 10.6. The summed E-state index contributed by atoms with van der Waals surface area (Å²) in [6.07, 6.45) is 3.78. The van der Waals surface area contributed by atoms with Crippen molar-refractivity contribution in [1.29, 1.82) is 0 Å². The first-order chi connectivity index (χ1) is 12.4. The Morgan fingerprint density at radius 1 is 0.862 bits per heavy atom.